The number of esters is 1. The van der Waals surface area contributed by atoms with Crippen LogP contribution in [-0.4, -0.2) is 25.1 Å². The summed E-state index contributed by atoms with van der Waals surface area (Å²) < 4.78 is 23.4. The average molecular weight is 317 g/mol. The summed E-state index contributed by atoms with van der Waals surface area (Å²) in [6.45, 7) is 1.44. The Kier molecular flexibility index (Phi) is 5.30. The Hall–Kier alpha value is -2.89. The Morgan fingerprint density at radius 1 is 1.13 bits per heavy atom. The van der Waals surface area contributed by atoms with Crippen LogP contribution in [0.15, 0.2) is 48.5 Å². The van der Waals surface area contributed by atoms with E-state index in [1.807, 2.05) is 6.07 Å². The third-order valence-corrected chi connectivity index (χ3v) is 3.08. The number of hydrogen-bond donors (Lipinski definition) is 1. The van der Waals surface area contributed by atoms with Gasteiger partial charge in [0.25, 0.3) is 5.91 Å². The lowest BCUT2D eigenvalue weighted by atomic mass is 10.2. The van der Waals surface area contributed by atoms with Crippen LogP contribution in [0.1, 0.15) is 17.3 Å². The van der Waals surface area contributed by atoms with Gasteiger partial charge in [-0.1, -0.05) is 18.2 Å². The molecule has 1 atom stereocenters. The van der Waals surface area contributed by atoms with Gasteiger partial charge in [-0.3, -0.25) is 4.79 Å². The van der Waals surface area contributed by atoms with E-state index in [9.17, 15) is 14.0 Å². The lowest BCUT2D eigenvalue weighted by Crippen LogP contribution is -2.30. The molecule has 120 valence electrons. The second kappa shape index (κ2) is 7.40. The van der Waals surface area contributed by atoms with Gasteiger partial charge in [0.1, 0.15) is 0 Å². The topological polar surface area (TPSA) is 64.6 Å². The second-order valence-corrected chi connectivity index (χ2v) is 4.75. The van der Waals surface area contributed by atoms with Gasteiger partial charge in [-0.15, -0.1) is 0 Å². The van der Waals surface area contributed by atoms with Gasteiger partial charge in [0.05, 0.1) is 12.7 Å². The molecule has 0 heterocycles. The Bertz CT molecular complexity index is 703. The molecule has 6 heteroatoms. The van der Waals surface area contributed by atoms with Crippen LogP contribution in [0.5, 0.6) is 5.75 Å². The molecule has 0 saturated heterocycles. The first-order valence-corrected chi connectivity index (χ1v) is 6.91. The maximum absolute atomic E-state index is 13.6. The first-order valence-electron chi connectivity index (χ1n) is 6.91. The number of para-hydroxylation sites is 1. The van der Waals surface area contributed by atoms with E-state index in [1.165, 1.54) is 26.2 Å². The summed E-state index contributed by atoms with van der Waals surface area (Å²) >= 11 is 0. The molecule has 0 bridgehead atoms. The van der Waals surface area contributed by atoms with Crippen LogP contribution in [0.2, 0.25) is 0 Å². The second-order valence-electron chi connectivity index (χ2n) is 4.75. The number of nitrogens with one attached hydrogen (secondary N) is 1. The van der Waals surface area contributed by atoms with Crippen LogP contribution < -0.4 is 10.1 Å². The van der Waals surface area contributed by atoms with Crippen molar-refractivity contribution in [1.29, 1.82) is 0 Å². The smallest absolute Gasteiger partial charge is 0.339 e. The Morgan fingerprint density at radius 3 is 2.43 bits per heavy atom. The van der Waals surface area contributed by atoms with Crippen molar-refractivity contribution in [3.63, 3.8) is 0 Å². The maximum atomic E-state index is 13.6. The first kappa shape index (κ1) is 16.5. The van der Waals surface area contributed by atoms with Gasteiger partial charge in [0.15, 0.2) is 17.7 Å². The highest BCUT2D eigenvalue weighted by molar-refractivity contribution is 5.97. The number of hydrogen-bond acceptors (Lipinski definition) is 4. The van der Waals surface area contributed by atoms with Crippen molar-refractivity contribution >= 4 is 17.6 Å². The molecule has 5 nitrogen and oxygen atoms in total. The number of ether oxygens (including phenoxy) is 2. The van der Waals surface area contributed by atoms with E-state index in [0.29, 0.717) is 5.69 Å². The molecule has 1 N–H and O–H groups in total. The van der Waals surface area contributed by atoms with E-state index >= 15 is 0 Å². The molecule has 0 spiro atoms. The van der Waals surface area contributed by atoms with Crippen molar-refractivity contribution in [2.24, 2.45) is 0 Å². The number of carbonyl (C=O) groups excluding carboxylic acids is 2. The van der Waals surface area contributed by atoms with Crippen molar-refractivity contribution in [2.45, 2.75) is 13.0 Å². The zero-order valence-corrected chi connectivity index (χ0v) is 12.7. The van der Waals surface area contributed by atoms with Gasteiger partial charge in [0, 0.05) is 5.69 Å². The molecule has 0 aliphatic heterocycles. The Labute approximate surface area is 133 Å². The monoisotopic (exact) mass is 317 g/mol. The third-order valence-electron chi connectivity index (χ3n) is 3.08. The average Bonchev–Trinajstić information content (AvgIpc) is 2.55. The molecule has 0 aromatic heterocycles. The fourth-order valence-corrected chi connectivity index (χ4v) is 1.84. The summed E-state index contributed by atoms with van der Waals surface area (Å²) in [6, 6.07) is 12.5. The van der Waals surface area contributed by atoms with Crippen LogP contribution in [0, 0.1) is 5.82 Å². The lowest BCUT2D eigenvalue weighted by Gasteiger charge is -2.13. The first-order chi connectivity index (χ1) is 11.0. The number of benzene rings is 2. The number of carbonyl (C=O) groups is 2. The summed E-state index contributed by atoms with van der Waals surface area (Å²) in [5.74, 6) is -1.92. The fraction of sp³-hybridized carbons (Fsp3) is 0.176. The molecule has 0 aliphatic rings. The van der Waals surface area contributed by atoms with Crippen molar-refractivity contribution in [3.05, 3.63) is 59.9 Å². The van der Waals surface area contributed by atoms with Gasteiger partial charge >= 0.3 is 5.97 Å². The van der Waals surface area contributed by atoms with E-state index in [1.54, 1.807) is 24.3 Å². The summed E-state index contributed by atoms with van der Waals surface area (Å²) in [5, 5.41) is 2.62. The van der Waals surface area contributed by atoms with Gasteiger partial charge in [-0.2, -0.15) is 0 Å². The SMILES string of the molecule is COc1ccc(C(=O)OC(C)C(=O)Nc2ccccc2)cc1F. The van der Waals surface area contributed by atoms with Crippen LogP contribution in [0.25, 0.3) is 0 Å². The normalized spacial score (nSPS) is 11.4. The Morgan fingerprint density at radius 2 is 1.83 bits per heavy atom. The summed E-state index contributed by atoms with van der Waals surface area (Å²) in [7, 11) is 1.33. The molecular weight excluding hydrogens is 301 g/mol. The highest BCUT2D eigenvalue weighted by Crippen LogP contribution is 2.18. The van der Waals surface area contributed by atoms with E-state index in [-0.39, 0.29) is 11.3 Å². The minimum absolute atomic E-state index is 0.00246. The van der Waals surface area contributed by atoms with E-state index < -0.39 is 23.8 Å². The standard InChI is InChI=1S/C17H16FNO4/c1-11(16(20)19-13-6-4-3-5-7-13)23-17(21)12-8-9-15(22-2)14(18)10-12/h3-11H,1-2H3,(H,19,20). The highest BCUT2D eigenvalue weighted by Gasteiger charge is 2.20. The minimum atomic E-state index is -1.02. The van der Waals surface area contributed by atoms with E-state index in [0.717, 1.165) is 6.07 Å². The van der Waals surface area contributed by atoms with E-state index in [4.69, 9.17) is 9.47 Å². The predicted octanol–water partition coefficient (Wildman–Crippen LogP) is 3.02. The molecule has 2 aromatic rings. The van der Waals surface area contributed by atoms with Gasteiger partial charge < -0.3 is 14.8 Å². The van der Waals surface area contributed by atoms with Crippen molar-refractivity contribution in [1.82, 2.24) is 0 Å². The molecule has 2 rings (SSSR count). The van der Waals surface area contributed by atoms with E-state index in [2.05, 4.69) is 5.32 Å². The summed E-state index contributed by atoms with van der Waals surface area (Å²) in [5.41, 5.74) is 0.596. The molecule has 1 unspecified atom stereocenters. The predicted molar refractivity (Wildman–Crippen MR) is 82.9 cm³/mol. The molecule has 2 aromatic carbocycles. The molecule has 1 amide bonds. The van der Waals surface area contributed by atoms with Crippen LogP contribution in [0.4, 0.5) is 10.1 Å². The van der Waals surface area contributed by atoms with Crippen molar-refractivity contribution < 1.29 is 23.5 Å². The number of amides is 1. The molecule has 23 heavy (non-hydrogen) atoms. The lowest BCUT2D eigenvalue weighted by molar-refractivity contribution is -0.123. The largest absolute Gasteiger partial charge is 0.494 e. The molecule has 0 fully saturated rings. The molecule has 0 saturated carbocycles. The Balaban J connectivity index is 1.99. The zero-order chi connectivity index (χ0) is 16.8. The van der Waals surface area contributed by atoms with Gasteiger partial charge in [-0.25, -0.2) is 9.18 Å². The quantitative estimate of drug-likeness (QED) is 0.861. The van der Waals surface area contributed by atoms with Crippen molar-refractivity contribution in [3.8, 4) is 5.75 Å². The summed E-state index contributed by atoms with van der Waals surface area (Å²) in [4.78, 5) is 23.9. The van der Waals surface area contributed by atoms with Crippen LogP contribution >= 0.6 is 0 Å². The van der Waals surface area contributed by atoms with Crippen LogP contribution in [0.3, 0.4) is 0 Å². The number of methoxy groups -OCH3 is 1. The number of halogens is 1. The third kappa shape index (κ3) is 4.29. The van der Waals surface area contributed by atoms with Gasteiger partial charge in [-0.05, 0) is 37.3 Å². The van der Waals surface area contributed by atoms with Crippen LogP contribution in [-0.2, 0) is 9.53 Å². The van der Waals surface area contributed by atoms with Gasteiger partial charge in [0.2, 0.25) is 0 Å². The number of rotatable bonds is 5. The summed E-state index contributed by atoms with van der Waals surface area (Å²) in [6.07, 6.45) is -1.02. The molecule has 0 aliphatic carbocycles. The molecule has 0 radical (unpaired) electrons. The highest BCUT2D eigenvalue weighted by atomic mass is 19.1. The molecular formula is C17H16FNO4. The zero-order valence-electron chi connectivity index (χ0n) is 12.7. The maximum Gasteiger partial charge on any atom is 0.339 e. The number of anilines is 1. The minimum Gasteiger partial charge on any atom is -0.494 e. The fourth-order valence-electron chi connectivity index (χ4n) is 1.84. The van der Waals surface area contributed by atoms with Crippen molar-refractivity contribution in [2.75, 3.05) is 12.4 Å².